The van der Waals surface area contributed by atoms with Gasteiger partial charge in [0.25, 0.3) is 10.1 Å². The van der Waals surface area contributed by atoms with Crippen LogP contribution in [0.2, 0.25) is 0 Å². The molecule has 3 fully saturated rings. The Morgan fingerprint density at radius 2 is 2.00 bits per heavy atom. The molecule has 0 aromatic heterocycles. The molecule has 0 unspecified atom stereocenters. The van der Waals surface area contributed by atoms with Crippen molar-refractivity contribution >= 4 is 10.1 Å². The SMILES string of the molecule is C=C(C)CCC[C@@]1(OS(C)(=O)=O)C[C@H]1C[C@@H]1OC(C)(C)OC12CC2. The van der Waals surface area contributed by atoms with Crippen molar-refractivity contribution in [3.8, 4) is 0 Å². The minimum atomic E-state index is -3.47. The standard InChI is InChI=1S/C18H30O5S/c1-13(2)7-6-8-18(23-24(5,19)20)12-14(18)11-15-17(9-10-17)22-16(3,4)21-15/h14-15H,1,6-12H2,2-5H3/t14-,15+,18-/m1/s1. The molecule has 1 heterocycles. The van der Waals surface area contributed by atoms with Gasteiger partial charge in [-0.2, -0.15) is 8.42 Å². The van der Waals surface area contributed by atoms with E-state index in [1.165, 1.54) is 0 Å². The molecule has 0 radical (unpaired) electrons. The van der Waals surface area contributed by atoms with Crippen LogP contribution in [0.4, 0.5) is 0 Å². The van der Waals surface area contributed by atoms with Crippen molar-refractivity contribution in [1.82, 2.24) is 0 Å². The summed E-state index contributed by atoms with van der Waals surface area (Å²) in [5, 5.41) is 0. The van der Waals surface area contributed by atoms with Crippen LogP contribution in [0, 0.1) is 5.92 Å². The molecule has 1 aliphatic heterocycles. The number of allylic oxidation sites excluding steroid dienone is 1. The second kappa shape index (κ2) is 5.79. The van der Waals surface area contributed by atoms with Crippen molar-refractivity contribution in [3.05, 3.63) is 12.2 Å². The fourth-order valence-electron chi connectivity index (χ4n) is 4.19. The summed E-state index contributed by atoms with van der Waals surface area (Å²) >= 11 is 0. The Kier molecular flexibility index (Phi) is 4.43. The fraction of sp³-hybridized carbons (Fsp3) is 0.889. The van der Waals surface area contributed by atoms with Crippen LogP contribution >= 0.6 is 0 Å². The number of ether oxygens (including phenoxy) is 2. The summed E-state index contributed by atoms with van der Waals surface area (Å²) in [4.78, 5) is 0. The predicted molar refractivity (Wildman–Crippen MR) is 92.1 cm³/mol. The zero-order chi connectivity index (χ0) is 17.8. The topological polar surface area (TPSA) is 61.8 Å². The van der Waals surface area contributed by atoms with E-state index in [9.17, 15) is 8.42 Å². The summed E-state index contributed by atoms with van der Waals surface area (Å²) in [6.07, 6.45) is 7.40. The van der Waals surface area contributed by atoms with Gasteiger partial charge in [0.2, 0.25) is 0 Å². The van der Waals surface area contributed by atoms with Gasteiger partial charge in [0.15, 0.2) is 5.79 Å². The van der Waals surface area contributed by atoms with Gasteiger partial charge in [-0.25, -0.2) is 0 Å². The zero-order valence-corrected chi connectivity index (χ0v) is 16.1. The summed E-state index contributed by atoms with van der Waals surface area (Å²) < 4.78 is 41.1. The molecule has 0 amide bonds. The minimum absolute atomic E-state index is 0.0451. The first-order valence-corrected chi connectivity index (χ1v) is 10.7. The van der Waals surface area contributed by atoms with Gasteiger partial charge >= 0.3 is 0 Å². The molecular weight excluding hydrogens is 328 g/mol. The summed E-state index contributed by atoms with van der Waals surface area (Å²) in [7, 11) is -3.47. The van der Waals surface area contributed by atoms with Crippen LogP contribution in [0.15, 0.2) is 12.2 Å². The van der Waals surface area contributed by atoms with Gasteiger partial charge in [-0.1, -0.05) is 5.57 Å². The molecule has 3 rings (SSSR count). The van der Waals surface area contributed by atoms with Crippen LogP contribution in [0.1, 0.15) is 65.7 Å². The Morgan fingerprint density at radius 1 is 1.33 bits per heavy atom. The van der Waals surface area contributed by atoms with E-state index in [4.69, 9.17) is 13.7 Å². The second-order valence-corrected chi connectivity index (χ2v) is 10.0. The van der Waals surface area contributed by atoms with Crippen molar-refractivity contribution in [1.29, 1.82) is 0 Å². The fourth-order valence-corrected chi connectivity index (χ4v) is 5.09. The lowest BCUT2D eigenvalue weighted by atomic mass is 10.0. The molecule has 6 heteroatoms. The van der Waals surface area contributed by atoms with Crippen molar-refractivity contribution in [2.75, 3.05) is 6.26 Å². The lowest BCUT2D eigenvalue weighted by molar-refractivity contribution is -0.150. The number of rotatable bonds is 8. The van der Waals surface area contributed by atoms with Crippen LogP contribution in [0.25, 0.3) is 0 Å². The maximum Gasteiger partial charge on any atom is 0.264 e. The molecular formula is C18H30O5S. The van der Waals surface area contributed by atoms with Gasteiger partial charge in [0.05, 0.1) is 23.6 Å². The first-order valence-electron chi connectivity index (χ1n) is 8.88. The molecule has 3 aliphatic rings. The van der Waals surface area contributed by atoms with E-state index in [0.717, 1.165) is 56.8 Å². The number of hydrogen-bond donors (Lipinski definition) is 0. The maximum absolute atomic E-state index is 11.7. The molecule has 0 N–H and O–H groups in total. The van der Waals surface area contributed by atoms with Crippen LogP contribution in [-0.2, 0) is 23.8 Å². The summed E-state index contributed by atoms with van der Waals surface area (Å²) in [5.41, 5.74) is 0.434. The van der Waals surface area contributed by atoms with E-state index in [1.807, 2.05) is 20.8 Å². The molecule has 0 bridgehead atoms. The van der Waals surface area contributed by atoms with Gasteiger partial charge < -0.3 is 9.47 Å². The molecule has 138 valence electrons. The Balaban J connectivity index is 1.64. The van der Waals surface area contributed by atoms with Gasteiger partial charge in [-0.15, -0.1) is 6.58 Å². The average molecular weight is 359 g/mol. The third-order valence-electron chi connectivity index (χ3n) is 5.40. The van der Waals surface area contributed by atoms with Gasteiger partial charge in [0.1, 0.15) is 0 Å². The van der Waals surface area contributed by atoms with Crippen molar-refractivity contribution in [2.45, 2.75) is 88.8 Å². The summed E-state index contributed by atoms with van der Waals surface area (Å²) in [6.45, 7) is 9.82. The highest BCUT2D eigenvalue weighted by molar-refractivity contribution is 7.86. The van der Waals surface area contributed by atoms with Crippen LogP contribution < -0.4 is 0 Å². The van der Waals surface area contributed by atoms with Crippen LogP contribution in [-0.4, -0.2) is 37.8 Å². The molecule has 1 spiro atoms. The van der Waals surface area contributed by atoms with E-state index in [1.54, 1.807) is 0 Å². The molecule has 2 saturated carbocycles. The van der Waals surface area contributed by atoms with Crippen LogP contribution in [0.3, 0.4) is 0 Å². The number of hydrogen-bond acceptors (Lipinski definition) is 5. The van der Waals surface area contributed by atoms with Crippen LogP contribution in [0.5, 0.6) is 0 Å². The van der Waals surface area contributed by atoms with Gasteiger partial charge in [-0.3, -0.25) is 4.18 Å². The van der Waals surface area contributed by atoms with E-state index >= 15 is 0 Å². The first kappa shape index (κ1) is 18.4. The second-order valence-electron chi connectivity index (χ2n) is 8.47. The van der Waals surface area contributed by atoms with Crippen molar-refractivity contribution in [2.24, 2.45) is 5.92 Å². The molecule has 0 aromatic carbocycles. The highest BCUT2D eigenvalue weighted by Gasteiger charge is 2.65. The lowest BCUT2D eigenvalue weighted by Gasteiger charge is -2.20. The molecule has 0 aromatic rings. The Labute approximate surface area is 145 Å². The highest BCUT2D eigenvalue weighted by atomic mass is 32.2. The molecule has 5 nitrogen and oxygen atoms in total. The molecule has 2 aliphatic carbocycles. The van der Waals surface area contributed by atoms with E-state index in [-0.39, 0.29) is 17.6 Å². The van der Waals surface area contributed by atoms with E-state index in [2.05, 4.69) is 6.58 Å². The molecule has 24 heavy (non-hydrogen) atoms. The normalized spacial score (nSPS) is 36.0. The Hall–Kier alpha value is -0.430. The minimum Gasteiger partial charge on any atom is -0.344 e. The summed E-state index contributed by atoms with van der Waals surface area (Å²) in [5.74, 6) is -0.326. The van der Waals surface area contributed by atoms with Gasteiger partial charge in [0, 0.05) is 0 Å². The third-order valence-corrected chi connectivity index (χ3v) is 6.03. The largest absolute Gasteiger partial charge is 0.344 e. The van der Waals surface area contributed by atoms with Crippen molar-refractivity contribution < 1.29 is 22.1 Å². The van der Waals surface area contributed by atoms with E-state index < -0.39 is 21.5 Å². The molecule has 3 atom stereocenters. The zero-order valence-electron chi connectivity index (χ0n) is 15.3. The monoisotopic (exact) mass is 358 g/mol. The Morgan fingerprint density at radius 3 is 2.54 bits per heavy atom. The lowest BCUT2D eigenvalue weighted by Crippen LogP contribution is -2.28. The smallest absolute Gasteiger partial charge is 0.264 e. The predicted octanol–water partition coefficient (Wildman–Crippen LogP) is 3.54. The van der Waals surface area contributed by atoms with E-state index in [0.29, 0.717) is 0 Å². The third kappa shape index (κ3) is 4.03. The quantitative estimate of drug-likeness (QED) is 0.490. The Bertz CT molecular complexity index is 619. The summed E-state index contributed by atoms with van der Waals surface area (Å²) in [6, 6.07) is 0. The first-order chi connectivity index (χ1) is 11.0. The van der Waals surface area contributed by atoms with Gasteiger partial charge in [-0.05, 0) is 71.6 Å². The average Bonchev–Trinajstić information content (AvgIpc) is 3.23. The molecule has 1 saturated heterocycles. The van der Waals surface area contributed by atoms with Crippen molar-refractivity contribution in [3.63, 3.8) is 0 Å². The highest BCUT2D eigenvalue weighted by Crippen LogP contribution is 2.60. The maximum atomic E-state index is 11.7.